The van der Waals surface area contributed by atoms with Crippen LogP contribution in [0.1, 0.15) is 11.1 Å². The number of aromatic hydroxyl groups is 1. The van der Waals surface area contributed by atoms with Gasteiger partial charge in [0.25, 0.3) is 0 Å². The van der Waals surface area contributed by atoms with E-state index in [0.717, 1.165) is 15.8 Å². The van der Waals surface area contributed by atoms with E-state index >= 15 is 0 Å². The molecule has 0 bridgehead atoms. The Kier molecular flexibility index (Phi) is 6.48. The lowest BCUT2D eigenvalue weighted by Crippen LogP contribution is -2.19. The maximum Gasteiger partial charge on any atom is 0.250 e. The molecule has 0 aromatic heterocycles. The maximum absolute atomic E-state index is 11.7. The number of nitrogens with one attached hydrogen (secondary N) is 1. The molecule has 0 fully saturated rings. The number of benzene rings is 2. The van der Waals surface area contributed by atoms with Crippen molar-refractivity contribution in [2.45, 2.75) is 5.75 Å². The number of carbonyl (C=O) groups is 1. The van der Waals surface area contributed by atoms with Crippen molar-refractivity contribution < 1.29 is 9.90 Å². The predicted octanol–water partition coefficient (Wildman–Crippen LogP) is 3.54. The Balaban J connectivity index is 1.73. The van der Waals surface area contributed by atoms with Crippen LogP contribution >= 0.6 is 27.7 Å². The Morgan fingerprint density at radius 3 is 2.86 bits per heavy atom. The zero-order valence-corrected chi connectivity index (χ0v) is 14.1. The molecule has 2 N–H and O–H groups in total. The summed E-state index contributed by atoms with van der Waals surface area (Å²) in [6.07, 6.45) is 1.42. The van der Waals surface area contributed by atoms with E-state index < -0.39 is 0 Å². The van der Waals surface area contributed by atoms with Gasteiger partial charge in [0, 0.05) is 15.8 Å². The van der Waals surface area contributed by atoms with Crippen molar-refractivity contribution >= 4 is 39.8 Å². The number of thioether (sulfide) groups is 1. The molecule has 0 aliphatic carbocycles. The van der Waals surface area contributed by atoms with Crippen LogP contribution in [0.4, 0.5) is 0 Å². The van der Waals surface area contributed by atoms with E-state index in [1.54, 1.807) is 24.3 Å². The van der Waals surface area contributed by atoms with Crippen LogP contribution in [0.2, 0.25) is 0 Å². The Hall–Kier alpha value is -1.79. The lowest BCUT2D eigenvalue weighted by molar-refractivity contribution is -0.118. The van der Waals surface area contributed by atoms with E-state index in [2.05, 4.69) is 26.5 Å². The highest BCUT2D eigenvalue weighted by molar-refractivity contribution is 9.10. The van der Waals surface area contributed by atoms with Crippen LogP contribution in [-0.2, 0) is 10.5 Å². The second-order valence-electron chi connectivity index (χ2n) is 4.47. The van der Waals surface area contributed by atoms with E-state index in [9.17, 15) is 9.90 Å². The van der Waals surface area contributed by atoms with E-state index in [4.69, 9.17) is 0 Å². The van der Waals surface area contributed by atoms with Crippen LogP contribution in [0.3, 0.4) is 0 Å². The van der Waals surface area contributed by atoms with Gasteiger partial charge < -0.3 is 5.11 Å². The summed E-state index contributed by atoms with van der Waals surface area (Å²) in [6, 6.07) is 14.8. The van der Waals surface area contributed by atoms with Gasteiger partial charge >= 0.3 is 0 Å². The summed E-state index contributed by atoms with van der Waals surface area (Å²) in [4.78, 5) is 11.7. The van der Waals surface area contributed by atoms with Crippen LogP contribution in [-0.4, -0.2) is 23.0 Å². The molecule has 2 aromatic rings. The van der Waals surface area contributed by atoms with Crippen molar-refractivity contribution in [3.8, 4) is 5.75 Å². The summed E-state index contributed by atoms with van der Waals surface area (Å²) < 4.78 is 1.03. The zero-order valence-electron chi connectivity index (χ0n) is 11.7. The average molecular weight is 379 g/mol. The van der Waals surface area contributed by atoms with Gasteiger partial charge in [0.2, 0.25) is 5.91 Å². The Morgan fingerprint density at radius 1 is 1.27 bits per heavy atom. The minimum absolute atomic E-state index is 0.129. The van der Waals surface area contributed by atoms with Crippen molar-refractivity contribution in [1.82, 2.24) is 5.43 Å². The Bertz CT molecular complexity index is 677. The third-order valence-corrected chi connectivity index (χ3v) is 4.22. The second-order valence-corrected chi connectivity index (χ2v) is 6.38. The molecule has 114 valence electrons. The van der Waals surface area contributed by atoms with Gasteiger partial charge in [-0.2, -0.15) is 5.10 Å². The van der Waals surface area contributed by atoms with Crippen molar-refractivity contribution in [1.29, 1.82) is 0 Å². The van der Waals surface area contributed by atoms with Gasteiger partial charge in [-0.25, -0.2) is 5.43 Å². The van der Waals surface area contributed by atoms with E-state index in [0.29, 0.717) is 11.3 Å². The topological polar surface area (TPSA) is 61.7 Å². The normalized spacial score (nSPS) is 10.8. The van der Waals surface area contributed by atoms with E-state index in [-0.39, 0.29) is 11.7 Å². The SMILES string of the molecule is O=C(CSCc1cccc(Br)c1)N/N=C\c1ccccc1O. The molecule has 22 heavy (non-hydrogen) atoms. The van der Waals surface area contributed by atoms with Crippen molar-refractivity contribution in [2.24, 2.45) is 5.10 Å². The van der Waals surface area contributed by atoms with Crippen molar-refractivity contribution in [2.75, 3.05) is 5.75 Å². The monoisotopic (exact) mass is 378 g/mol. The summed E-state index contributed by atoms with van der Waals surface area (Å²) >= 11 is 4.93. The first-order chi connectivity index (χ1) is 10.6. The molecule has 4 nitrogen and oxygen atoms in total. The number of nitrogens with zero attached hydrogens (tertiary/aromatic N) is 1. The average Bonchev–Trinajstić information content (AvgIpc) is 2.49. The molecule has 0 spiro atoms. The maximum atomic E-state index is 11.7. The first-order valence-electron chi connectivity index (χ1n) is 6.57. The number of carbonyl (C=O) groups excluding carboxylic acids is 1. The van der Waals surface area contributed by atoms with Gasteiger partial charge in [-0.3, -0.25) is 4.79 Å². The second kappa shape index (κ2) is 8.60. The van der Waals surface area contributed by atoms with Gasteiger partial charge in [0.1, 0.15) is 5.75 Å². The van der Waals surface area contributed by atoms with E-state index in [1.807, 2.05) is 24.3 Å². The molecule has 0 radical (unpaired) electrons. The number of halogens is 1. The highest BCUT2D eigenvalue weighted by atomic mass is 79.9. The largest absolute Gasteiger partial charge is 0.507 e. The molecule has 0 atom stereocenters. The third-order valence-electron chi connectivity index (χ3n) is 2.72. The summed E-state index contributed by atoms with van der Waals surface area (Å²) in [6.45, 7) is 0. The zero-order chi connectivity index (χ0) is 15.8. The smallest absolute Gasteiger partial charge is 0.250 e. The lowest BCUT2D eigenvalue weighted by atomic mass is 10.2. The van der Waals surface area contributed by atoms with Gasteiger partial charge in [0.15, 0.2) is 0 Å². The lowest BCUT2D eigenvalue weighted by Gasteiger charge is -2.02. The fourth-order valence-corrected chi connectivity index (χ4v) is 2.91. The molecule has 2 aromatic carbocycles. The summed E-state index contributed by atoms with van der Waals surface area (Å²) in [5.74, 6) is 1.04. The van der Waals surface area contributed by atoms with E-state index in [1.165, 1.54) is 18.0 Å². The number of phenolic OH excluding ortho intramolecular Hbond substituents is 1. The standard InChI is InChI=1S/C16H15BrN2O2S/c17-14-6-3-4-12(8-14)10-22-11-16(21)19-18-9-13-5-1-2-7-15(13)20/h1-9,20H,10-11H2,(H,19,21)/b18-9-. The van der Waals surface area contributed by atoms with Crippen molar-refractivity contribution in [3.63, 3.8) is 0 Å². The first kappa shape index (κ1) is 16.6. The number of amides is 1. The Labute approximate surface area is 141 Å². The number of para-hydroxylation sites is 1. The molecule has 0 saturated heterocycles. The molecule has 0 aliphatic heterocycles. The van der Waals surface area contributed by atoms with Gasteiger partial charge in [-0.1, -0.05) is 40.2 Å². The molecule has 6 heteroatoms. The number of rotatable bonds is 6. The van der Waals surface area contributed by atoms with Crippen molar-refractivity contribution in [3.05, 3.63) is 64.1 Å². The minimum Gasteiger partial charge on any atom is -0.507 e. The third kappa shape index (κ3) is 5.54. The molecule has 0 saturated carbocycles. The molecule has 0 unspecified atom stereocenters. The molecule has 1 amide bonds. The summed E-state index contributed by atoms with van der Waals surface area (Å²) in [5, 5.41) is 13.4. The first-order valence-corrected chi connectivity index (χ1v) is 8.52. The van der Waals surface area contributed by atoms with Gasteiger partial charge in [-0.05, 0) is 29.8 Å². The van der Waals surface area contributed by atoms with Crippen LogP contribution in [0.15, 0.2) is 58.1 Å². The fourth-order valence-electron chi connectivity index (χ4n) is 1.69. The van der Waals surface area contributed by atoms with Crippen LogP contribution in [0.5, 0.6) is 5.75 Å². The van der Waals surface area contributed by atoms with Crippen LogP contribution < -0.4 is 5.43 Å². The van der Waals surface area contributed by atoms with Gasteiger partial charge in [-0.15, -0.1) is 11.8 Å². The number of hydrogen-bond donors (Lipinski definition) is 2. The number of hydrazone groups is 1. The summed E-state index contributed by atoms with van der Waals surface area (Å²) in [5.41, 5.74) is 4.16. The van der Waals surface area contributed by atoms with Crippen LogP contribution in [0.25, 0.3) is 0 Å². The summed E-state index contributed by atoms with van der Waals surface area (Å²) in [7, 11) is 0. The minimum atomic E-state index is -0.174. The predicted molar refractivity (Wildman–Crippen MR) is 94.1 cm³/mol. The Morgan fingerprint density at radius 2 is 2.09 bits per heavy atom. The highest BCUT2D eigenvalue weighted by Crippen LogP contribution is 2.17. The number of hydrogen-bond acceptors (Lipinski definition) is 4. The fraction of sp³-hybridized carbons (Fsp3) is 0.125. The van der Waals surface area contributed by atoms with Gasteiger partial charge in [0.05, 0.1) is 12.0 Å². The van der Waals surface area contributed by atoms with Crippen LogP contribution in [0, 0.1) is 0 Å². The number of phenols is 1. The quantitative estimate of drug-likeness (QED) is 0.596. The molecule has 0 aliphatic rings. The molecule has 2 rings (SSSR count). The molecular formula is C16H15BrN2O2S. The molecule has 0 heterocycles. The molecular weight excluding hydrogens is 364 g/mol. The highest BCUT2D eigenvalue weighted by Gasteiger charge is 2.01.